The molecular weight excluding hydrogens is 388 g/mol. The highest BCUT2D eigenvalue weighted by Gasteiger charge is 2.21. The Morgan fingerprint density at radius 3 is 1.67 bits per heavy atom. The molecule has 0 radical (unpaired) electrons. The second-order valence-corrected chi connectivity index (χ2v) is 6.16. The van der Waals surface area contributed by atoms with Gasteiger partial charge >= 0.3 is 0 Å². The standard InChI is InChI=1S/C23H15F2N3O2/c24-18-5-1-3-7-20(18)27-22(29)17(13-15-9-11-16(14-26)12-10-15)23(30)28-21-8-4-2-6-19(21)25/h1-13H,(H,27,29)(H,28,30). The normalized spacial score (nSPS) is 9.90. The maximum atomic E-state index is 13.9. The van der Waals surface area contributed by atoms with Crippen LogP contribution in [0.4, 0.5) is 20.2 Å². The molecular formula is C23H15F2N3O2. The van der Waals surface area contributed by atoms with Gasteiger partial charge in [-0.1, -0.05) is 36.4 Å². The summed E-state index contributed by atoms with van der Waals surface area (Å²) < 4.78 is 27.8. The first kappa shape index (κ1) is 20.4. The SMILES string of the molecule is N#Cc1ccc(C=C(C(=O)Nc2ccccc2F)C(=O)Nc2ccccc2F)cc1. The molecule has 0 saturated heterocycles. The van der Waals surface area contributed by atoms with Crippen LogP contribution in [0.3, 0.4) is 0 Å². The van der Waals surface area contributed by atoms with Crippen molar-refractivity contribution in [1.29, 1.82) is 5.26 Å². The molecule has 2 N–H and O–H groups in total. The summed E-state index contributed by atoms with van der Waals surface area (Å²) in [5.41, 5.74) is 0.279. The quantitative estimate of drug-likeness (QED) is 0.374. The summed E-state index contributed by atoms with van der Waals surface area (Å²) in [6.45, 7) is 0. The van der Waals surface area contributed by atoms with Crippen LogP contribution in [-0.4, -0.2) is 11.8 Å². The Hall–Kier alpha value is -4.31. The number of amides is 2. The summed E-state index contributed by atoms with van der Waals surface area (Å²) in [4.78, 5) is 25.5. The lowest BCUT2D eigenvalue weighted by molar-refractivity contribution is -0.118. The van der Waals surface area contributed by atoms with Crippen molar-refractivity contribution >= 4 is 29.3 Å². The molecule has 3 aromatic rings. The third-order valence-electron chi connectivity index (χ3n) is 4.08. The number of nitrogens with one attached hydrogen (secondary N) is 2. The van der Waals surface area contributed by atoms with Gasteiger partial charge < -0.3 is 10.6 Å². The number of halogens is 2. The van der Waals surface area contributed by atoms with Gasteiger partial charge in [0.2, 0.25) is 0 Å². The lowest BCUT2D eigenvalue weighted by Crippen LogP contribution is -2.26. The van der Waals surface area contributed by atoms with Crippen molar-refractivity contribution in [3.63, 3.8) is 0 Å². The summed E-state index contributed by atoms with van der Waals surface area (Å²) in [7, 11) is 0. The molecule has 30 heavy (non-hydrogen) atoms. The molecule has 0 aromatic heterocycles. The van der Waals surface area contributed by atoms with Crippen molar-refractivity contribution in [3.05, 3.63) is 101 Å². The minimum Gasteiger partial charge on any atom is -0.319 e. The second kappa shape index (κ2) is 9.26. The fourth-order valence-electron chi connectivity index (χ4n) is 2.56. The molecule has 148 valence electrons. The van der Waals surface area contributed by atoms with E-state index in [1.165, 1.54) is 66.7 Å². The van der Waals surface area contributed by atoms with Crippen LogP contribution < -0.4 is 10.6 Å². The van der Waals surface area contributed by atoms with Gasteiger partial charge in [-0.25, -0.2) is 8.78 Å². The number of anilines is 2. The van der Waals surface area contributed by atoms with Crippen LogP contribution in [0.1, 0.15) is 11.1 Å². The largest absolute Gasteiger partial charge is 0.319 e. The van der Waals surface area contributed by atoms with Crippen molar-refractivity contribution in [3.8, 4) is 6.07 Å². The maximum Gasteiger partial charge on any atom is 0.261 e. The van der Waals surface area contributed by atoms with Crippen molar-refractivity contribution in [2.75, 3.05) is 10.6 Å². The number of hydrogen-bond acceptors (Lipinski definition) is 3. The van der Waals surface area contributed by atoms with E-state index in [1.807, 2.05) is 6.07 Å². The zero-order valence-electron chi connectivity index (χ0n) is 15.5. The van der Waals surface area contributed by atoms with Gasteiger partial charge in [0, 0.05) is 0 Å². The number of carbonyl (C=O) groups is 2. The minimum atomic E-state index is -0.877. The molecule has 2 amide bonds. The smallest absolute Gasteiger partial charge is 0.261 e. The van der Waals surface area contributed by atoms with Gasteiger partial charge in [-0.2, -0.15) is 5.26 Å². The maximum absolute atomic E-state index is 13.9. The van der Waals surface area contributed by atoms with E-state index >= 15 is 0 Å². The van der Waals surface area contributed by atoms with Crippen LogP contribution in [0.2, 0.25) is 0 Å². The van der Waals surface area contributed by atoms with E-state index in [1.54, 1.807) is 12.1 Å². The molecule has 5 nitrogen and oxygen atoms in total. The Kier molecular flexibility index (Phi) is 6.30. The van der Waals surface area contributed by atoms with E-state index in [-0.39, 0.29) is 16.9 Å². The lowest BCUT2D eigenvalue weighted by Gasteiger charge is -2.11. The Labute approximate surface area is 171 Å². The third kappa shape index (κ3) is 4.94. The highest BCUT2D eigenvalue weighted by molar-refractivity contribution is 6.28. The molecule has 0 heterocycles. The monoisotopic (exact) mass is 403 g/mol. The number of nitriles is 1. The second-order valence-electron chi connectivity index (χ2n) is 6.16. The molecule has 0 aliphatic rings. The molecule has 7 heteroatoms. The third-order valence-corrected chi connectivity index (χ3v) is 4.08. The van der Waals surface area contributed by atoms with Gasteiger partial charge in [0.1, 0.15) is 17.2 Å². The predicted molar refractivity (Wildman–Crippen MR) is 109 cm³/mol. The molecule has 0 atom stereocenters. The summed E-state index contributed by atoms with van der Waals surface area (Å²) in [5, 5.41) is 13.6. The number of para-hydroxylation sites is 2. The first-order chi connectivity index (χ1) is 14.5. The Bertz CT molecular complexity index is 1100. The molecule has 0 fully saturated rings. The van der Waals surface area contributed by atoms with E-state index in [4.69, 9.17) is 5.26 Å². The summed E-state index contributed by atoms with van der Waals surface area (Å²) in [6.07, 6.45) is 1.27. The Morgan fingerprint density at radius 1 is 0.767 bits per heavy atom. The highest BCUT2D eigenvalue weighted by atomic mass is 19.1. The van der Waals surface area contributed by atoms with Crippen molar-refractivity contribution in [1.82, 2.24) is 0 Å². The van der Waals surface area contributed by atoms with Crippen LogP contribution in [0.15, 0.2) is 78.4 Å². The van der Waals surface area contributed by atoms with Crippen LogP contribution in [0.5, 0.6) is 0 Å². The van der Waals surface area contributed by atoms with Crippen LogP contribution in [-0.2, 0) is 9.59 Å². The van der Waals surface area contributed by atoms with Gasteiger partial charge in [0.25, 0.3) is 11.8 Å². The number of rotatable bonds is 5. The van der Waals surface area contributed by atoms with E-state index in [0.717, 1.165) is 0 Å². The van der Waals surface area contributed by atoms with Gasteiger partial charge in [-0.15, -0.1) is 0 Å². The number of hydrogen-bond donors (Lipinski definition) is 2. The fraction of sp³-hybridized carbons (Fsp3) is 0. The molecule has 0 aliphatic carbocycles. The van der Waals surface area contributed by atoms with E-state index in [9.17, 15) is 18.4 Å². The first-order valence-corrected chi connectivity index (χ1v) is 8.81. The molecule has 3 aromatic carbocycles. The molecule has 0 bridgehead atoms. The first-order valence-electron chi connectivity index (χ1n) is 8.81. The fourth-order valence-corrected chi connectivity index (χ4v) is 2.56. The van der Waals surface area contributed by atoms with Gasteiger partial charge in [-0.3, -0.25) is 9.59 Å². The topological polar surface area (TPSA) is 82.0 Å². The molecule has 0 aliphatic heterocycles. The van der Waals surface area contributed by atoms with E-state index in [2.05, 4.69) is 10.6 Å². The summed E-state index contributed by atoms with van der Waals surface area (Å²) in [5.74, 6) is -3.09. The lowest BCUT2D eigenvalue weighted by atomic mass is 10.1. The minimum absolute atomic E-state index is 0.105. The number of carbonyl (C=O) groups excluding carboxylic acids is 2. The van der Waals surface area contributed by atoms with Gasteiger partial charge in [0.05, 0.1) is 23.0 Å². The summed E-state index contributed by atoms with van der Waals surface area (Å²) >= 11 is 0. The molecule has 0 unspecified atom stereocenters. The average molecular weight is 403 g/mol. The summed E-state index contributed by atoms with van der Waals surface area (Å²) in [6, 6.07) is 19.1. The predicted octanol–water partition coefficient (Wildman–Crippen LogP) is 4.50. The zero-order chi connectivity index (χ0) is 21.5. The Morgan fingerprint density at radius 2 is 1.23 bits per heavy atom. The number of benzene rings is 3. The van der Waals surface area contributed by atoms with Crippen LogP contribution in [0, 0.1) is 23.0 Å². The Balaban J connectivity index is 1.94. The van der Waals surface area contributed by atoms with Crippen molar-refractivity contribution in [2.45, 2.75) is 0 Å². The van der Waals surface area contributed by atoms with Crippen molar-refractivity contribution in [2.24, 2.45) is 0 Å². The average Bonchev–Trinajstić information content (AvgIpc) is 2.75. The number of nitrogens with zero attached hydrogens (tertiary/aromatic N) is 1. The van der Waals surface area contributed by atoms with Crippen LogP contribution >= 0.6 is 0 Å². The highest BCUT2D eigenvalue weighted by Crippen LogP contribution is 2.18. The van der Waals surface area contributed by atoms with Gasteiger partial charge in [-0.05, 0) is 48.0 Å². The van der Waals surface area contributed by atoms with E-state index in [0.29, 0.717) is 11.1 Å². The van der Waals surface area contributed by atoms with Crippen molar-refractivity contribution < 1.29 is 18.4 Å². The van der Waals surface area contributed by atoms with Crippen LogP contribution in [0.25, 0.3) is 6.08 Å². The molecule has 0 spiro atoms. The zero-order valence-corrected chi connectivity index (χ0v) is 15.5. The van der Waals surface area contributed by atoms with Gasteiger partial charge in [0.15, 0.2) is 0 Å². The molecule has 0 saturated carbocycles. The molecule has 3 rings (SSSR count). The van der Waals surface area contributed by atoms with E-state index < -0.39 is 23.4 Å².